The molecule has 0 aliphatic rings. The van der Waals surface area contributed by atoms with E-state index in [0.717, 1.165) is 19.3 Å². The van der Waals surface area contributed by atoms with E-state index in [1.165, 1.54) is 25.7 Å². The van der Waals surface area contributed by atoms with Crippen LogP contribution in [0.15, 0.2) is 12.7 Å². The summed E-state index contributed by atoms with van der Waals surface area (Å²) in [6.45, 7) is 3.34. The predicted molar refractivity (Wildman–Crippen MR) is 73.9 cm³/mol. The second-order valence-corrected chi connectivity index (χ2v) is 4.06. The van der Waals surface area contributed by atoms with Gasteiger partial charge in [0.05, 0.1) is 12.6 Å². The molecule has 0 bridgehead atoms. The molecule has 0 amide bonds. The van der Waals surface area contributed by atoms with Gasteiger partial charge in [-0.05, 0) is 31.1 Å². The van der Waals surface area contributed by atoms with Crippen molar-refractivity contribution in [3.8, 4) is 23.7 Å². The second-order valence-electron chi connectivity index (χ2n) is 4.06. The van der Waals surface area contributed by atoms with Crippen LogP contribution in [0.25, 0.3) is 0 Å². The summed E-state index contributed by atoms with van der Waals surface area (Å²) in [6, 6.07) is 0. The second kappa shape index (κ2) is 18.3. The molecule has 104 valence electrons. The molecule has 0 aromatic rings. The Morgan fingerprint density at radius 1 is 1.10 bits per heavy atom. The summed E-state index contributed by atoms with van der Waals surface area (Å²) in [5.74, 6) is 9.68. The van der Waals surface area contributed by atoms with Gasteiger partial charge < -0.3 is 14.6 Å². The summed E-state index contributed by atoms with van der Waals surface area (Å²) in [5, 5.41) is 10.0. The van der Waals surface area contributed by atoms with Gasteiger partial charge in [0.2, 0.25) is 0 Å². The van der Waals surface area contributed by atoms with E-state index >= 15 is 0 Å². The van der Waals surface area contributed by atoms with Crippen molar-refractivity contribution >= 4 is 5.97 Å². The van der Waals surface area contributed by atoms with E-state index in [4.69, 9.17) is 0 Å². The van der Waals surface area contributed by atoms with Crippen molar-refractivity contribution in [1.82, 2.24) is 0 Å². The SMILES string of the molecule is C=CCCCCCCCC#CC#CCOCC(=O)[O-].[Na+]. The zero-order valence-electron chi connectivity index (χ0n) is 12.4. The van der Waals surface area contributed by atoms with Crippen LogP contribution in [0.3, 0.4) is 0 Å². The quantitative estimate of drug-likeness (QED) is 0.216. The molecule has 0 aliphatic heterocycles. The Labute approximate surface area is 144 Å². The first-order chi connectivity index (χ1) is 9.27. The number of carbonyl (C=O) groups is 1. The van der Waals surface area contributed by atoms with Crippen LogP contribution in [0.5, 0.6) is 0 Å². The van der Waals surface area contributed by atoms with Crippen molar-refractivity contribution in [3.63, 3.8) is 0 Å². The monoisotopic (exact) mass is 284 g/mol. The normalized spacial score (nSPS) is 8.40. The number of hydrogen-bond acceptors (Lipinski definition) is 3. The Hall–Kier alpha value is -0.710. The van der Waals surface area contributed by atoms with Gasteiger partial charge in [0.15, 0.2) is 0 Å². The summed E-state index contributed by atoms with van der Waals surface area (Å²) < 4.78 is 4.68. The first-order valence-electron chi connectivity index (χ1n) is 6.61. The summed E-state index contributed by atoms with van der Waals surface area (Å²) >= 11 is 0. The van der Waals surface area contributed by atoms with E-state index in [1.807, 2.05) is 6.08 Å². The molecule has 0 unspecified atom stereocenters. The molecule has 0 aliphatic carbocycles. The van der Waals surface area contributed by atoms with Gasteiger partial charge in [0, 0.05) is 6.42 Å². The fourth-order valence-electron chi connectivity index (χ4n) is 1.40. The maximum atomic E-state index is 10.0. The zero-order chi connectivity index (χ0) is 14.2. The maximum Gasteiger partial charge on any atom is 1.00 e. The molecule has 0 N–H and O–H groups in total. The Morgan fingerprint density at radius 2 is 1.75 bits per heavy atom. The Kier molecular flexibility index (Phi) is 19.7. The van der Waals surface area contributed by atoms with Crippen molar-refractivity contribution < 1.29 is 44.2 Å². The van der Waals surface area contributed by atoms with E-state index in [0.29, 0.717) is 0 Å². The minimum absolute atomic E-state index is 0. The molecule has 0 saturated carbocycles. The molecule has 3 nitrogen and oxygen atoms in total. The van der Waals surface area contributed by atoms with Crippen LogP contribution in [0, 0.1) is 23.7 Å². The predicted octanol–water partition coefficient (Wildman–Crippen LogP) is -1.32. The van der Waals surface area contributed by atoms with E-state index in [2.05, 4.69) is 35.0 Å². The van der Waals surface area contributed by atoms with E-state index in [1.54, 1.807) is 0 Å². The number of unbranched alkanes of at least 4 members (excludes halogenated alkanes) is 6. The Morgan fingerprint density at radius 3 is 2.45 bits per heavy atom. The Balaban J connectivity index is 0. The van der Waals surface area contributed by atoms with Gasteiger partial charge in [-0.15, -0.1) is 6.58 Å². The third-order valence-corrected chi connectivity index (χ3v) is 2.34. The molecule has 0 atom stereocenters. The first-order valence-corrected chi connectivity index (χ1v) is 6.61. The van der Waals surface area contributed by atoms with Crippen LogP contribution in [0.2, 0.25) is 0 Å². The molecule has 0 aromatic heterocycles. The number of carboxylic acid groups (broad SMARTS) is 1. The fraction of sp³-hybridized carbons (Fsp3) is 0.562. The fourth-order valence-corrected chi connectivity index (χ4v) is 1.40. The van der Waals surface area contributed by atoms with Gasteiger partial charge in [-0.1, -0.05) is 37.2 Å². The number of carbonyl (C=O) groups excluding carboxylic acids is 1. The largest absolute Gasteiger partial charge is 1.00 e. The molecule has 0 radical (unpaired) electrons. The summed E-state index contributed by atoms with van der Waals surface area (Å²) in [6.07, 6.45) is 9.96. The molecule has 0 heterocycles. The van der Waals surface area contributed by atoms with Crippen molar-refractivity contribution in [2.24, 2.45) is 0 Å². The molecule has 0 aromatic carbocycles. The van der Waals surface area contributed by atoms with Crippen molar-refractivity contribution in [1.29, 1.82) is 0 Å². The third-order valence-electron chi connectivity index (χ3n) is 2.34. The number of rotatable bonds is 10. The molecule has 0 rings (SSSR count). The number of carboxylic acids is 1. The van der Waals surface area contributed by atoms with Gasteiger partial charge in [-0.25, -0.2) is 0 Å². The molecule has 20 heavy (non-hydrogen) atoms. The molecular formula is C16H21NaO3. The van der Waals surface area contributed by atoms with Gasteiger partial charge in [-0.3, -0.25) is 0 Å². The standard InChI is InChI=1S/C16H22O3.Na/c1-2-3-4-5-6-7-8-9-10-11-12-13-14-19-15-16(17)18;/h2H,1,3-9,14-15H2,(H,17,18);/q;+1/p-1. The number of ether oxygens (including phenoxy) is 1. The third kappa shape index (κ3) is 19.6. The first kappa shape index (κ1) is 21.6. The van der Waals surface area contributed by atoms with E-state index in [-0.39, 0.29) is 36.2 Å². The van der Waals surface area contributed by atoms with Gasteiger partial charge in [0.1, 0.15) is 6.61 Å². The van der Waals surface area contributed by atoms with Crippen LogP contribution in [0.1, 0.15) is 44.9 Å². The van der Waals surface area contributed by atoms with Crippen LogP contribution >= 0.6 is 0 Å². The van der Waals surface area contributed by atoms with E-state index < -0.39 is 12.6 Å². The summed E-state index contributed by atoms with van der Waals surface area (Å²) in [5.41, 5.74) is 0. The molecule has 0 fully saturated rings. The molecule has 4 heteroatoms. The van der Waals surface area contributed by atoms with Crippen LogP contribution in [-0.2, 0) is 9.53 Å². The molecule has 0 spiro atoms. The maximum absolute atomic E-state index is 10.0. The van der Waals surface area contributed by atoms with Crippen LogP contribution < -0.4 is 34.7 Å². The average Bonchev–Trinajstić information content (AvgIpc) is 2.39. The minimum atomic E-state index is -1.24. The molecule has 0 saturated heterocycles. The van der Waals surface area contributed by atoms with E-state index in [9.17, 15) is 9.90 Å². The van der Waals surface area contributed by atoms with Crippen molar-refractivity contribution in [2.45, 2.75) is 44.9 Å². The summed E-state index contributed by atoms with van der Waals surface area (Å²) in [4.78, 5) is 10.0. The van der Waals surface area contributed by atoms with Gasteiger partial charge >= 0.3 is 29.6 Å². The number of aliphatic carboxylic acids is 1. The van der Waals surface area contributed by atoms with Crippen molar-refractivity contribution in [2.75, 3.05) is 13.2 Å². The van der Waals surface area contributed by atoms with Crippen LogP contribution in [-0.4, -0.2) is 19.2 Å². The molecular weight excluding hydrogens is 263 g/mol. The zero-order valence-corrected chi connectivity index (χ0v) is 14.4. The van der Waals surface area contributed by atoms with Gasteiger partial charge in [0.25, 0.3) is 0 Å². The smallest absolute Gasteiger partial charge is 0.548 e. The topological polar surface area (TPSA) is 49.4 Å². The average molecular weight is 284 g/mol. The van der Waals surface area contributed by atoms with Gasteiger partial charge in [-0.2, -0.15) is 0 Å². The number of hydrogen-bond donors (Lipinski definition) is 0. The number of allylic oxidation sites excluding steroid dienone is 1. The summed E-state index contributed by atoms with van der Waals surface area (Å²) in [7, 11) is 0. The Bertz CT molecular complexity index is 369. The van der Waals surface area contributed by atoms with Crippen LogP contribution in [0.4, 0.5) is 0 Å². The minimum Gasteiger partial charge on any atom is -0.548 e. The van der Waals surface area contributed by atoms with Crippen molar-refractivity contribution in [3.05, 3.63) is 12.7 Å².